The molecule has 0 saturated carbocycles. The third-order valence-corrected chi connectivity index (χ3v) is 5.94. The van der Waals surface area contributed by atoms with Gasteiger partial charge in [-0.25, -0.2) is 37.4 Å². The highest BCUT2D eigenvalue weighted by atomic mass is 19.3. The van der Waals surface area contributed by atoms with Gasteiger partial charge in [0.05, 0.1) is 44.7 Å². The number of carbonyl (C=O) groups excluding carboxylic acids is 1. The number of carbonyl (C=O) groups is 1. The summed E-state index contributed by atoms with van der Waals surface area (Å²) in [7, 11) is 1.44. The molecule has 0 spiro atoms. The van der Waals surface area contributed by atoms with Crippen molar-refractivity contribution < 1.29 is 27.4 Å². The number of hydrogen-bond donors (Lipinski definition) is 1. The minimum Gasteiger partial charge on any atom is -0.493 e. The first kappa shape index (κ1) is 24.8. The van der Waals surface area contributed by atoms with Gasteiger partial charge >= 0.3 is 6.09 Å². The molecule has 0 unspecified atom stereocenters. The van der Waals surface area contributed by atoms with E-state index in [2.05, 4.69) is 25.4 Å². The number of hydrogen-bond acceptors (Lipinski definition) is 9. The molecule has 198 valence electrons. The van der Waals surface area contributed by atoms with Crippen molar-refractivity contribution in [1.29, 1.82) is 0 Å². The summed E-state index contributed by atoms with van der Waals surface area (Å²) in [5.41, 5.74) is 0.660. The number of ether oxygens (including phenoxy) is 2. The highest BCUT2D eigenvalue weighted by Gasteiger charge is 2.45. The largest absolute Gasteiger partial charge is 0.493 e. The lowest BCUT2D eigenvalue weighted by Gasteiger charge is -2.39. The second-order valence-corrected chi connectivity index (χ2v) is 10.1. The number of halogens is 3. The molecule has 0 bridgehead atoms. The van der Waals surface area contributed by atoms with E-state index in [1.54, 1.807) is 39.1 Å². The van der Waals surface area contributed by atoms with Gasteiger partial charge in [-0.1, -0.05) is 0 Å². The molecule has 3 aromatic heterocycles. The summed E-state index contributed by atoms with van der Waals surface area (Å²) in [5, 5.41) is 7.45. The Kier molecular flexibility index (Phi) is 5.99. The van der Waals surface area contributed by atoms with E-state index in [9.17, 15) is 18.0 Å². The molecule has 2 aliphatic heterocycles. The van der Waals surface area contributed by atoms with Crippen molar-refractivity contribution in [3.8, 4) is 17.1 Å². The fourth-order valence-electron chi connectivity index (χ4n) is 4.21. The maximum absolute atomic E-state index is 14.7. The topological polar surface area (TPSA) is 110 Å². The van der Waals surface area contributed by atoms with Crippen molar-refractivity contribution in [2.45, 2.75) is 44.5 Å². The number of nitrogens with zero attached hydrogens (tertiary/aromatic N) is 7. The number of aromatic nitrogens is 5. The van der Waals surface area contributed by atoms with E-state index in [1.165, 1.54) is 27.6 Å². The number of methoxy groups -OCH3 is 1. The number of alkyl halides is 3. The third-order valence-electron chi connectivity index (χ3n) is 5.94. The summed E-state index contributed by atoms with van der Waals surface area (Å²) < 4.78 is 53.8. The van der Waals surface area contributed by atoms with Crippen LogP contribution >= 0.6 is 0 Å². The van der Waals surface area contributed by atoms with Crippen molar-refractivity contribution in [3.05, 3.63) is 24.5 Å². The van der Waals surface area contributed by atoms with E-state index < -0.39 is 42.9 Å². The quantitative estimate of drug-likeness (QED) is 0.543. The molecule has 5 rings (SSSR count). The number of anilines is 2. The molecular formula is C23H27F3N8O3. The SMILES string of the molecule is COc1cc2ncc(-c3ccnc(N[C@H]4CN(C(=O)OC(C)(C)C)C[C@@H]4F)n3)n2nc1N1CC(F)(F)C1. The number of imidazole rings is 1. The molecule has 2 aliphatic rings. The lowest BCUT2D eigenvalue weighted by atomic mass is 10.1. The lowest BCUT2D eigenvalue weighted by Crippen LogP contribution is -2.56. The normalized spacial score (nSPS) is 21.2. The highest BCUT2D eigenvalue weighted by molar-refractivity contribution is 5.69. The van der Waals surface area contributed by atoms with Crippen LogP contribution in [-0.2, 0) is 4.74 Å². The minimum atomic E-state index is -2.78. The average Bonchev–Trinajstić information content (AvgIpc) is 3.38. The van der Waals surface area contributed by atoms with Crippen LogP contribution in [0.3, 0.4) is 0 Å². The number of nitrogens with one attached hydrogen (secondary N) is 1. The Hall–Kier alpha value is -3.84. The third kappa shape index (κ3) is 5.04. The van der Waals surface area contributed by atoms with Crippen LogP contribution in [0, 0.1) is 0 Å². The van der Waals surface area contributed by atoms with Crippen LogP contribution < -0.4 is 15.0 Å². The minimum absolute atomic E-state index is 0.0878. The number of fused-ring (bicyclic) bond motifs is 1. The van der Waals surface area contributed by atoms with E-state index in [4.69, 9.17) is 9.47 Å². The molecule has 14 heteroatoms. The second kappa shape index (κ2) is 8.92. The summed E-state index contributed by atoms with van der Waals surface area (Å²) in [6.07, 6.45) is 1.11. The van der Waals surface area contributed by atoms with Crippen LogP contribution in [0.1, 0.15) is 20.8 Å². The summed E-state index contributed by atoms with van der Waals surface area (Å²) in [4.78, 5) is 28.1. The van der Waals surface area contributed by atoms with Gasteiger partial charge in [0, 0.05) is 18.8 Å². The van der Waals surface area contributed by atoms with E-state index in [0.29, 0.717) is 22.8 Å². The molecule has 3 aromatic rings. The first-order valence-electron chi connectivity index (χ1n) is 11.7. The average molecular weight is 521 g/mol. The van der Waals surface area contributed by atoms with Gasteiger partial charge in [0.1, 0.15) is 17.5 Å². The van der Waals surface area contributed by atoms with E-state index >= 15 is 0 Å². The predicted octanol–water partition coefficient (Wildman–Crippen LogP) is 3.02. The van der Waals surface area contributed by atoms with Gasteiger partial charge in [0.15, 0.2) is 17.2 Å². The molecule has 0 aliphatic carbocycles. The summed E-state index contributed by atoms with van der Waals surface area (Å²) >= 11 is 0. The molecule has 1 N–H and O–H groups in total. The Morgan fingerprint density at radius 3 is 2.65 bits per heavy atom. The van der Waals surface area contributed by atoms with Crippen molar-refractivity contribution in [2.75, 3.05) is 43.5 Å². The van der Waals surface area contributed by atoms with Gasteiger partial charge < -0.3 is 24.6 Å². The van der Waals surface area contributed by atoms with Crippen LogP contribution in [0.4, 0.5) is 29.7 Å². The van der Waals surface area contributed by atoms with Crippen LogP contribution in [0.5, 0.6) is 5.75 Å². The Labute approximate surface area is 210 Å². The standard InChI is InChI=1S/C23H27F3N8O3/c1-22(2,3)37-21(35)32-9-13(24)15(10-32)30-20-27-6-5-14(29-20)16-8-28-18-7-17(36-4)19(31-34(16)18)33-11-23(25,26)12-33/h5-8,13,15H,9-12H2,1-4H3,(H,27,29,30)/t13-,15-/m0/s1. The van der Waals surface area contributed by atoms with Gasteiger partial charge in [-0.05, 0) is 26.8 Å². The van der Waals surface area contributed by atoms with Crippen LogP contribution in [0.25, 0.3) is 17.0 Å². The van der Waals surface area contributed by atoms with E-state index in [1.807, 2.05) is 0 Å². The molecule has 1 amide bonds. The summed E-state index contributed by atoms with van der Waals surface area (Å²) in [6.45, 7) is 4.30. The number of rotatable bonds is 5. The highest BCUT2D eigenvalue weighted by Crippen LogP contribution is 2.36. The fraction of sp³-hybridized carbons (Fsp3) is 0.522. The molecule has 2 saturated heterocycles. The van der Waals surface area contributed by atoms with Gasteiger partial charge in [0.2, 0.25) is 5.95 Å². The number of likely N-dealkylation sites (tertiary alicyclic amines) is 1. The molecule has 0 aromatic carbocycles. The zero-order chi connectivity index (χ0) is 26.5. The Morgan fingerprint density at radius 1 is 1.22 bits per heavy atom. The predicted molar refractivity (Wildman–Crippen MR) is 128 cm³/mol. The van der Waals surface area contributed by atoms with Crippen molar-refractivity contribution in [3.63, 3.8) is 0 Å². The molecule has 0 radical (unpaired) electrons. The molecule has 11 nitrogen and oxygen atoms in total. The van der Waals surface area contributed by atoms with Crippen molar-refractivity contribution in [1.82, 2.24) is 29.5 Å². The molecular weight excluding hydrogens is 493 g/mol. The van der Waals surface area contributed by atoms with Crippen LogP contribution in [-0.4, -0.2) is 92.6 Å². The second-order valence-electron chi connectivity index (χ2n) is 10.1. The van der Waals surface area contributed by atoms with Gasteiger partial charge in [-0.2, -0.15) is 0 Å². The molecule has 2 fully saturated rings. The van der Waals surface area contributed by atoms with Crippen LogP contribution in [0.2, 0.25) is 0 Å². The molecule has 5 heterocycles. The van der Waals surface area contributed by atoms with E-state index in [-0.39, 0.29) is 24.9 Å². The van der Waals surface area contributed by atoms with Gasteiger partial charge in [0.25, 0.3) is 5.92 Å². The first-order valence-corrected chi connectivity index (χ1v) is 11.7. The van der Waals surface area contributed by atoms with Crippen molar-refractivity contribution in [2.24, 2.45) is 0 Å². The lowest BCUT2D eigenvalue weighted by molar-refractivity contribution is -0.0270. The molecule has 37 heavy (non-hydrogen) atoms. The zero-order valence-corrected chi connectivity index (χ0v) is 20.8. The van der Waals surface area contributed by atoms with Gasteiger partial charge in [-0.3, -0.25) is 0 Å². The maximum atomic E-state index is 14.7. The fourth-order valence-corrected chi connectivity index (χ4v) is 4.21. The summed E-state index contributed by atoms with van der Waals surface area (Å²) in [6, 6.07) is 2.51. The van der Waals surface area contributed by atoms with Crippen LogP contribution in [0.15, 0.2) is 24.5 Å². The maximum Gasteiger partial charge on any atom is 0.410 e. The van der Waals surface area contributed by atoms with Crippen molar-refractivity contribution >= 4 is 23.5 Å². The van der Waals surface area contributed by atoms with Gasteiger partial charge in [-0.15, -0.1) is 5.10 Å². The number of amides is 1. The Bertz CT molecular complexity index is 1320. The molecule has 2 atom stereocenters. The first-order chi connectivity index (χ1) is 17.4. The summed E-state index contributed by atoms with van der Waals surface area (Å²) in [5.74, 6) is -2.03. The smallest absolute Gasteiger partial charge is 0.410 e. The zero-order valence-electron chi connectivity index (χ0n) is 20.8. The van der Waals surface area contributed by atoms with E-state index in [0.717, 1.165) is 0 Å². The Morgan fingerprint density at radius 2 is 1.97 bits per heavy atom. The Balaban J connectivity index is 1.37. The monoisotopic (exact) mass is 520 g/mol.